The lowest BCUT2D eigenvalue weighted by molar-refractivity contribution is 0.0115. The zero-order valence-electron chi connectivity index (χ0n) is 19.2. The molecule has 0 bridgehead atoms. The SMILES string of the molecule is Cc1nc2ccc(-n3ncc(C(=O)C4=Cc5ccc(CN6CCC(F)(F)C6)cc5C4)c3N)cc2[nH]1. The largest absolute Gasteiger partial charge is 0.383 e. The number of hydrogen-bond acceptors (Lipinski definition) is 5. The van der Waals surface area contributed by atoms with Crippen molar-refractivity contribution < 1.29 is 13.6 Å². The third-order valence-corrected chi connectivity index (χ3v) is 6.74. The Hall–Kier alpha value is -3.85. The fourth-order valence-electron chi connectivity index (χ4n) is 5.01. The molecule has 3 heterocycles. The minimum absolute atomic E-state index is 0.0946. The highest BCUT2D eigenvalue weighted by atomic mass is 19.3. The molecule has 0 atom stereocenters. The zero-order chi connectivity index (χ0) is 24.3. The van der Waals surface area contributed by atoms with Crippen molar-refractivity contribution >= 4 is 28.7 Å². The van der Waals surface area contributed by atoms with E-state index in [0.29, 0.717) is 30.6 Å². The lowest BCUT2D eigenvalue weighted by Crippen LogP contribution is -2.24. The predicted molar refractivity (Wildman–Crippen MR) is 130 cm³/mol. The summed E-state index contributed by atoms with van der Waals surface area (Å²) in [7, 11) is 0. The molecular formula is C26H24F2N6O. The van der Waals surface area contributed by atoms with Gasteiger partial charge in [0.1, 0.15) is 11.6 Å². The number of halogens is 2. The Morgan fingerprint density at radius 2 is 2.09 bits per heavy atom. The number of rotatable bonds is 5. The molecular weight excluding hydrogens is 450 g/mol. The maximum absolute atomic E-state index is 13.5. The molecule has 9 heteroatoms. The normalized spacial score (nSPS) is 17.2. The second-order valence-electron chi connectivity index (χ2n) is 9.40. The van der Waals surface area contributed by atoms with E-state index in [1.54, 1.807) is 9.58 Å². The van der Waals surface area contributed by atoms with Crippen LogP contribution in [0.1, 0.15) is 39.3 Å². The van der Waals surface area contributed by atoms with Crippen LogP contribution in [0.2, 0.25) is 0 Å². The molecule has 35 heavy (non-hydrogen) atoms. The van der Waals surface area contributed by atoms with Gasteiger partial charge in [-0.15, -0.1) is 0 Å². The lowest BCUT2D eigenvalue weighted by atomic mass is 10.0. The van der Waals surface area contributed by atoms with Gasteiger partial charge in [-0.1, -0.05) is 18.2 Å². The molecule has 0 radical (unpaired) electrons. The zero-order valence-corrected chi connectivity index (χ0v) is 19.2. The number of nitrogen functional groups attached to an aromatic ring is 1. The molecule has 4 aromatic rings. The summed E-state index contributed by atoms with van der Waals surface area (Å²) in [5, 5.41) is 4.37. The minimum atomic E-state index is -2.61. The number of H-pyrrole nitrogens is 1. The second-order valence-corrected chi connectivity index (χ2v) is 9.40. The van der Waals surface area contributed by atoms with Crippen LogP contribution in [0.4, 0.5) is 14.6 Å². The number of ketones is 1. The number of benzene rings is 2. The first-order valence-corrected chi connectivity index (χ1v) is 11.5. The van der Waals surface area contributed by atoms with Crippen LogP contribution < -0.4 is 5.73 Å². The van der Waals surface area contributed by atoms with Gasteiger partial charge >= 0.3 is 0 Å². The average molecular weight is 475 g/mol. The second kappa shape index (κ2) is 7.84. The van der Waals surface area contributed by atoms with Gasteiger partial charge in [0.05, 0.1) is 35.0 Å². The Labute approximate surface area is 200 Å². The Balaban J connectivity index is 1.20. The number of likely N-dealkylation sites (tertiary alicyclic amines) is 1. The van der Waals surface area contributed by atoms with E-state index in [-0.39, 0.29) is 24.6 Å². The average Bonchev–Trinajstić information content (AvgIpc) is 3.57. The summed E-state index contributed by atoms with van der Waals surface area (Å²) in [4.78, 5) is 22.7. The summed E-state index contributed by atoms with van der Waals surface area (Å²) >= 11 is 0. The van der Waals surface area contributed by atoms with E-state index in [4.69, 9.17) is 5.73 Å². The van der Waals surface area contributed by atoms with Gasteiger partial charge in [-0.2, -0.15) is 5.10 Å². The number of nitrogens with one attached hydrogen (secondary N) is 1. The van der Waals surface area contributed by atoms with E-state index in [1.165, 1.54) is 6.20 Å². The van der Waals surface area contributed by atoms with Gasteiger partial charge in [0.15, 0.2) is 5.78 Å². The molecule has 1 saturated heterocycles. The molecule has 0 spiro atoms. The summed E-state index contributed by atoms with van der Waals surface area (Å²) < 4.78 is 28.6. The fourth-order valence-corrected chi connectivity index (χ4v) is 5.01. The Morgan fingerprint density at radius 3 is 2.89 bits per heavy atom. The van der Waals surface area contributed by atoms with Crippen LogP contribution in [-0.4, -0.2) is 49.4 Å². The molecule has 178 valence electrons. The fraction of sp³-hybridized carbons (Fsp3) is 0.269. The first-order valence-electron chi connectivity index (χ1n) is 11.5. The van der Waals surface area contributed by atoms with Gasteiger partial charge < -0.3 is 10.7 Å². The van der Waals surface area contributed by atoms with Crippen LogP contribution in [0, 0.1) is 6.92 Å². The van der Waals surface area contributed by atoms with E-state index in [0.717, 1.165) is 39.2 Å². The third kappa shape index (κ3) is 3.91. The van der Waals surface area contributed by atoms with Crippen LogP contribution in [0.15, 0.2) is 48.2 Å². The minimum Gasteiger partial charge on any atom is -0.383 e. The van der Waals surface area contributed by atoms with Gasteiger partial charge in [-0.3, -0.25) is 9.69 Å². The van der Waals surface area contributed by atoms with Crippen molar-refractivity contribution in [1.29, 1.82) is 0 Å². The molecule has 2 aromatic heterocycles. The van der Waals surface area contributed by atoms with E-state index in [2.05, 4.69) is 15.1 Å². The van der Waals surface area contributed by atoms with Crippen molar-refractivity contribution in [2.24, 2.45) is 0 Å². The van der Waals surface area contributed by atoms with Gasteiger partial charge in [-0.05, 0) is 47.9 Å². The topological polar surface area (TPSA) is 92.8 Å². The number of fused-ring (bicyclic) bond motifs is 2. The highest BCUT2D eigenvalue weighted by Crippen LogP contribution is 2.32. The van der Waals surface area contributed by atoms with Crippen molar-refractivity contribution in [3.8, 4) is 5.69 Å². The number of aromatic amines is 1. The summed E-state index contributed by atoms with van der Waals surface area (Å²) in [5.74, 6) is -1.68. The molecule has 0 saturated carbocycles. The molecule has 0 amide bonds. The van der Waals surface area contributed by atoms with Crippen LogP contribution in [0.5, 0.6) is 0 Å². The summed E-state index contributed by atoms with van der Waals surface area (Å²) in [5.41, 5.74) is 12.7. The monoisotopic (exact) mass is 474 g/mol. The molecule has 1 fully saturated rings. The number of aryl methyl sites for hydroxylation is 1. The van der Waals surface area contributed by atoms with Crippen LogP contribution in [0.25, 0.3) is 22.8 Å². The molecule has 0 unspecified atom stereocenters. The van der Waals surface area contributed by atoms with E-state index in [1.807, 2.05) is 49.4 Å². The number of nitrogens with two attached hydrogens (primary N) is 1. The number of hydrogen-bond donors (Lipinski definition) is 2. The smallest absolute Gasteiger partial charge is 0.261 e. The molecule has 2 aromatic carbocycles. The van der Waals surface area contributed by atoms with Gasteiger partial charge in [0, 0.05) is 31.5 Å². The van der Waals surface area contributed by atoms with Crippen molar-refractivity contribution in [3.63, 3.8) is 0 Å². The predicted octanol–water partition coefficient (Wildman–Crippen LogP) is 4.30. The van der Waals surface area contributed by atoms with Crippen molar-refractivity contribution in [2.75, 3.05) is 18.8 Å². The highest BCUT2D eigenvalue weighted by Gasteiger charge is 2.38. The first kappa shape index (κ1) is 21.7. The third-order valence-electron chi connectivity index (χ3n) is 6.74. The van der Waals surface area contributed by atoms with Crippen LogP contribution >= 0.6 is 0 Å². The number of aromatic nitrogens is 4. The van der Waals surface area contributed by atoms with Crippen molar-refractivity contribution in [1.82, 2.24) is 24.6 Å². The van der Waals surface area contributed by atoms with Crippen molar-refractivity contribution in [2.45, 2.75) is 32.2 Å². The maximum atomic E-state index is 13.5. The molecule has 3 N–H and O–H groups in total. The highest BCUT2D eigenvalue weighted by molar-refractivity contribution is 6.15. The summed E-state index contributed by atoms with van der Waals surface area (Å²) in [6.07, 6.45) is 3.76. The lowest BCUT2D eigenvalue weighted by Gasteiger charge is -2.16. The number of carbonyl (C=O) groups is 1. The number of imidazole rings is 1. The van der Waals surface area contributed by atoms with E-state index < -0.39 is 5.92 Å². The van der Waals surface area contributed by atoms with E-state index >= 15 is 0 Å². The Bertz CT molecular complexity index is 1520. The number of Topliss-reactive ketones (excluding diaryl/α,β-unsaturated/α-hetero) is 1. The maximum Gasteiger partial charge on any atom is 0.261 e. The molecule has 2 aliphatic rings. The number of allylic oxidation sites excluding steroid dienone is 1. The molecule has 7 nitrogen and oxygen atoms in total. The Kier molecular flexibility index (Phi) is 4.86. The number of nitrogens with zero attached hydrogens (tertiary/aromatic N) is 4. The van der Waals surface area contributed by atoms with Gasteiger partial charge in [0.25, 0.3) is 5.92 Å². The number of alkyl halides is 2. The standard InChI is InChI=1S/C26H24F2N6O/c1-15-31-22-5-4-20(11-23(22)32-15)34-25(29)21(12-30-34)24(35)19-9-17-3-2-16(8-18(17)10-19)13-33-7-6-26(27,28)14-33/h2-5,8-9,11-12H,6-7,10,13-14,29H2,1H3,(H,31,32). The first-order chi connectivity index (χ1) is 16.8. The molecule has 6 rings (SSSR count). The number of anilines is 1. The molecule has 1 aliphatic heterocycles. The van der Waals surface area contributed by atoms with Gasteiger partial charge in [-0.25, -0.2) is 18.4 Å². The number of carbonyl (C=O) groups excluding carboxylic acids is 1. The van der Waals surface area contributed by atoms with Crippen LogP contribution in [0.3, 0.4) is 0 Å². The quantitative estimate of drug-likeness (QED) is 0.421. The van der Waals surface area contributed by atoms with E-state index in [9.17, 15) is 13.6 Å². The van der Waals surface area contributed by atoms with Gasteiger partial charge in [0.2, 0.25) is 0 Å². The molecule has 1 aliphatic carbocycles. The van der Waals surface area contributed by atoms with Crippen LogP contribution in [-0.2, 0) is 13.0 Å². The van der Waals surface area contributed by atoms with Crippen molar-refractivity contribution in [3.05, 3.63) is 76.2 Å². The Morgan fingerprint density at radius 1 is 1.23 bits per heavy atom. The summed E-state index contributed by atoms with van der Waals surface area (Å²) in [6.45, 7) is 2.55. The summed E-state index contributed by atoms with van der Waals surface area (Å²) in [6, 6.07) is 11.6.